The molecule has 0 aromatic heterocycles. The predicted octanol–water partition coefficient (Wildman–Crippen LogP) is 12.9. The van der Waals surface area contributed by atoms with Gasteiger partial charge in [-0.1, -0.05) is 145 Å². The molecule has 0 radical (unpaired) electrons. The van der Waals surface area contributed by atoms with Crippen LogP contribution in [0.5, 0.6) is 0 Å². The number of fused-ring (bicyclic) bond motifs is 3. The molecule has 0 bridgehead atoms. The first-order chi connectivity index (χ1) is 25.3. The van der Waals surface area contributed by atoms with E-state index in [1.807, 2.05) is 0 Å². The first-order valence-corrected chi connectivity index (χ1v) is 17.8. The maximum atomic E-state index is 2.42. The van der Waals surface area contributed by atoms with Gasteiger partial charge in [0.25, 0.3) is 0 Å². The largest absolute Gasteiger partial charge is 0.314 e. The lowest BCUT2D eigenvalue weighted by Crippen LogP contribution is -2.31. The number of hydrogen-bond donors (Lipinski definition) is 0. The standard InChI is InChI=1S/C49H38N2/c1-5-17-39(18-6-1)50(40-19-7-2-8-20-40)43-33-29-37(30-34-43)49(47-27-15-13-25-45(47)46-26-14-16-28-48(46)49)38-31-35-44(36-32-38)51(41-21-9-3-10-22-41)42-23-11-4-12-24-42/h1-31,33-35H,32,36H2. The molecule has 7 aromatic rings. The van der Waals surface area contributed by atoms with Crippen LogP contribution in [-0.4, -0.2) is 0 Å². The topological polar surface area (TPSA) is 6.48 Å². The lowest BCUT2D eigenvalue weighted by Gasteiger charge is -2.38. The second kappa shape index (κ2) is 13.2. The summed E-state index contributed by atoms with van der Waals surface area (Å²) in [7, 11) is 0. The van der Waals surface area contributed by atoms with Crippen LogP contribution in [0.25, 0.3) is 11.1 Å². The fourth-order valence-corrected chi connectivity index (χ4v) is 8.30. The van der Waals surface area contributed by atoms with Crippen molar-refractivity contribution in [2.45, 2.75) is 18.3 Å². The highest BCUT2D eigenvalue weighted by Crippen LogP contribution is 2.58. The zero-order valence-electron chi connectivity index (χ0n) is 28.4. The number of para-hydroxylation sites is 4. The zero-order valence-corrected chi connectivity index (χ0v) is 28.4. The van der Waals surface area contributed by atoms with Gasteiger partial charge in [-0.05, 0) is 107 Å². The molecule has 7 aromatic carbocycles. The lowest BCUT2D eigenvalue weighted by atomic mass is 9.65. The van der Waals surface area contributed by atoms with E-state index in [4.69, 9.17) is 0 Å². The first kappa shape index (κ1) is 30.7. The van der Waals surface area contributed by atoms with Crippen molar-refractivity contribution in [3.8, 4) is 11.1 Å². The molecule has 2 aliphatic rings. The van der Waals surface area contributed by atoms with Gasteiger partial charge in [-0.25, -0.2) is 0 Å². The van der Waals surface area contributed by atoms with Gasteiger partial charge < -0.3 is 9.80 Å². The molecule has 0 aliphatic heterocycles. The average molecular weight is 655 g/mol. The number of anilines is 5. The number of allylic oxidation sites excluding steroid dienone is 4. The van der Waals surface area contributed by atoms with Crippen molar-refractivity contribution in [3.05, 3.63) is 234 Å². The fourth-order valence-electron chi connectivity index (χ4n) is 8.30. The molecule has 244 valence electrons. The number of rotatable bonds is 8. The molecule has 0 saturated heterocycles. The number of benzene rings is 7. The van der Waals surface area contributed by atoms with Crippen LogP contribution < -0.4 is 9.80 Å². The first-order valence-electron chi connectivity index (χ1n) is 17.8. The van der Waals surface area contributed by atoms with Crippen molar-refractivity contribution in [3.63, 3.8) is 0 Å². The van der Waals surface area contributed by atoms with Gasteiger partial charge in [0.05, 0.1) is 5.41 Å². The Kier molecular flexibility index (Phi) is 7.91. The van der Waals surface area contributed by atoms with Crippen molar-refractivity contribution in [1.29, 1.82) is 0 Å². The van der Waals surface area contributed by atoms with Gasteiger partial charge in [0.15, 0.2) is 0 Å². The van der Waals surface area contributed by atoms with Gasteiger partial charge >= 0.3 is 0 Å². The zero-order chi connectivity index (χ0) is 34.0. The van der Waals surface area contributed by atoms with Gasteiger partial charge in [0, 0.05) is 34.1 Å². The van der Waals surface area contributed by atoms with E-state index in [0.29, 0.717) is 0 Å². The van der Waals surface area contributed by atoms with Crippen LogP contribution in [0, 0.1) is 0 Å². The summed E-state index contributed by atoms with van der Waals surface area (Å²) in [4.78, 5) is 4.75. The summed E-state index contributed by atoms with van der Waals surface area (Å²) in [5.74, 6) is 0. The normalized spacial score (nSPS) is 14.1. The molecule has 0 atom stereocenters. The van der Waals surface area contributed by atoms with Gasteiger partial charge in [0.2, 0.25) is 0 Å². The average Bonchev–Trinajstić information content (AvgIpc) is 3.51. The fraction of sp³-hybridized carbons (Fsp3) is 0.0612. The highest BCUT2D eigenvalue weighted by atomic mass is 15.2. The third-order valence-electron chi connectivity index (χ3n) is 10.5. The Morgan fingerprint density at radius 3 is 1.16 bits per heavy atom. The summed E-state index contributed by atoms with van der Waals surface area (Å²) < 4.78 is 0. The molecule has 0 N–H and O–H groups in total. The maximum Gasteiger partial charge on any atom is 0.0676 e. The summed E-state index contributed by atoms with van der Waals surface area (Å²) in [5, 5.41) is 0. The van der Waals surface area contributed by atoms with Crippen LogP contribution in [-0.2, 0) is 5.41 Å². The molecule has 0 unspecified atom stereocenters. The number of nitrogens with zero attached hydrogens (tertiary/aromatic N) is 2. The highest BCUT2D eigenvalue weighted by Gasteiger charge is 2.47. The maximum absolute atomic E-state index is 2.42. The SMILES string of the molecule is C1=C(N(c2ccccc2)c2ccccc2)CCC(C2(c3ccc(N(c4ccccc4)c4ccccc4)cc3)c3ccccc3-c3ccccc32)=C1. The summed E-state index contributed by atoms with van der Waals surface area (Å²) in [6, 6.07) is 70.2. The van der Waals surface area contributed by atoms with Crippen molar-refractivity contribution in [1.82, 2.24) is 0 Å². The summed E-state index contributed by atoms with van der Waals surface area (Å²) in [5.41, 5.74) is 14.7. The summed E-state index contributed by atoms with van der Waals surface area (Å²) in [6.45, 7) is 0. The smallest absolute Gasteiger partial charge is 0.0676 e. The molecule has 0 amide bonds. The van der Waals surface area contributed by atoms with Gasteiger partial charge in [-0.15, -0.1) is 0 Å². The van der Waals surface area contributed by atoms with Crippen molar-refractivity contribution in [2.75, 3.05) is 9.80 Å². The van der Waals surface area contributed by atoms with Crippen LogP contribution in [0.1, 0.15) is 29.5 Å². The van der Waals surface area contributed by atoms with Gasteiger partial charge in [-0.3, -0.25) is 0 Å². The minimum absolute atomic E-state index is 0.414. The lowest BCUT2D eigenvalue weighted by molar-refractivity contribution is 0.681. The third kappa shape index (κ3) is 5.28. The second-order valence-corrected chi connectivity index (χ2v) is 13.3. The van der Waals surface area contributed by atoms with E-state index in [1.165, 1.54) is 50.5 Å². The molecule has 2 heteroatoms. The molecule has 0 fully saturated rings. The Bertz CT molecular complexity index is 2220. The van der Waals surface area contributed by atoms with E-state index < -0.39 is 5.41 Å². The van der Waals surface area contributed by atoms with Crippen molar-refractivity contribution >= 4 is 28.4 Å². The van der Waals surface area contributed by atoms with Crippen LogP contribution in [0.2, 0.25) is 0 Å². The molecule has 51 heavy (non-hydrogen) atoms. The van der Waals surface area contributed by atoms with E-state index in [9.17, 15) is 0 Å². The van der Waals surface area contributed by atoms with E-state index in [0.717, 1.165) is 29.9 Å². The monoisotopic (exact) mass is 654 g/mol. The van der Waals surface area contributed by atoms with E-state index in [1.54, 1.807) is 0 Å². The molecule has 2 nitrogen and oxygen atoms in total. The molecule has 0 spiro atoms. The quantitative estimate of drug-likeness (QED) is 0.161. The van der Waals surface area contributed by atoms with Crippen molar-refractivity contribution < 1.29 is 0 Å². The van der Waals surface area contributed by atoms with E-state index in [-0.39, 0.29) is 0 Å². The van der Waals surface area contributed by atoms with E-state index >= 15 is 0 Å². The van der Waals surface area contributed by atoms with Crippen LogP contribution in [0.4, 0.5) is 28.4 Å². The van der Waals surface area contributed by atoms with Crippen molar-refractivity contribution in [2.24, 2.45) is 0 Å². The highest BCUT2D eigenvalue weighted by molar-refractivity contribution is 5.87. The van der Waals surface area contributed by atoms with Crippen LogP contribution >= 0.6 is 0 Å². The Morgan fingerprint density at radius 2 is 0.725 bits per heavy atom. The van der Waals surface area contributed by atoms with Gasteiger partial charge in [0.1, 0.15) is 0 Å². The molecule has 0 heterocycles. The Hall–Kier alpha value is -6.38. The van der Waals surface area contributed by atoms with Gasteiger partial charge in [-0.2, -0.15) is 0 Å². The third-order valence-corrected chi connectivity index (χ3v) is 10.5. The molecule has 0 saturated carbocycles. The summed E-state index contributed by atoms with van der Waals surface area (Å²) in [6.07, 6.45) is 6.65. The summed E-state index contributed by atoms with van der Waals surface area (Å²) >= 11 is 0. The minimum atomic E-state index is -0.414. The Morgan fingerprint density at radius 1 is 0.333 bits per heavy atom. The van der Waals surface area contributed by atoms with E-state index in [2.05, 4.69) is 216 Å². The van der Waals surface area contributed by atoms with Crippen LogP contribution in [0.15, 0.2) is 218 Å². The Labute approximate surface area is 300 Å². The minimum Gasteiger partial charge on any atom is -0.314 e. The molecule has 9 rings (SSSR count). The molecular weight excluding hydrogens is 617 g/mol. The second-order valence-electron chi connectivity index (χ2n) is 13.3. The predicted molar refractivity (Wildman–Crippen MR) is 213 cm³/mol. The molecule has 2 aliphatic carbocycles. The van der Waals surface area contributed by atoms with Crippen LogP contribution in [0.3, 0.4) is 0 Å². The Balaban J connectivity index is 1.21. The number of hydrogen-bond acceptors (Lipinski definition) is 2. The molecular formula is C49H38N2.